The third-order valence-corrected chi connectivity index (χ3v) is 4.17. The zero-order valence-corrected chi connectivity index (χ0v) is 15.6. The van der Waals surface area contributed by atoms with Crippen LogP contribution in [0.3, 0.4) is 0 Å². The maximum absolute atomic E-state index is 12.4. The number of nitrogens with two attached hydrogens (primary N) is 1. The Bertz CT molecular complexity index is 448. The lowest BCUT2D eigenvalue weighted by Gasteiger charge is -2.34. The van der Waals surface area contributed by atoms with Crippen LogP contribution in [-0.4, -0.2) is 55.5 Å². The minimum absolute atomic E-state index is 0. The van der Waals surface area contributed by atoms with Crippen LogP contribution >= 0.6 is 24.8 Å². The number of carbonyl (C=O) groups excluding carboxylic acids is 1. The normalized spacial score (nSPS) is 16.4. The zero-order valence-electron chi connectivity index (χ0n) is 14.0. The molecular formula is C17H29Cl2N3O. The molecule has 0 saturated carbocycles. The first-order valence-corrected chi connectivity index (χ1v) is 7.79. The van der Waals surface area contributed by atoms with Crippen molar-refractivity contribution in [2.45, 2.75) is 25.3 Å². The average Bonchev–Trinajstić information content (AvgIpc) is 2.47. The Labute approximate surface area is 152 Å². The highest BCUT2D eigenvalue weighted by atomic mass is 35.5. The molecule has 0 aliphatic carbocycles. The molecule has 0 aromatic heterocycles. The molecular weight excluding hydrogens is 333 g/mol. The van der Waals surface area contributed by atoms with Gasteiger partial charge in [-0.2, -0.15) is 0 Å². The summed E-state index contributed by atoms with van der Waals surface area (Å²) in [7, 11) is 4.21. The molecule has 0 radical (unpaired) electrons. The molecule has 2 N–H and O–H groups in total. The quantitative estimate of drug-likeness (QED) is 0.874. The van der Waals surface area contributed by atoms with E-state index in [1.807, 2.05) is 35.2 Å². The smallest absolute Gasteiger partial charge is 0.239 e. The highest BCUT2D eigenvalue weighted by Crippen LogP contribution is 2.18. The fourth-order valence-electron chi connectivity index (χ4n) is 3.04. The van der Waals surface area contributed by atoms with Gasteiger partial charge in [-0.15, -0.1) is 24.8 Å². The largest absolute Gasteiger partial charge is 0.341 e. The summed E-state index contributed by atoms with van der Waals surface area (Å²) in [5.74, 6) is 0.802. The first-order chi connectivity index (χ1) is 10.1. The van der Waals surface area contributed by atoms with Crippen molar-refractivity contribution in [1.82, 2.24) is 9.80 Å². The summed E-state index contributed by atoms with van der Waals surface area (Å²) in [6.07, 6.45) is 2.79. The van der Waals surface area contributed by atoms with E-state index in [1.165, 1.54) is 0 Å². The van der Waals surface area contributed by atoms with Gasteiger partial charge >= 0.3 is 0 Å². The number of hydrogen-bond acceptors (Lipinski definition) is 3. The molecule has 1 unspecified atom stereocenters. The SMILES string of the molecule is CN(C)CC1CCN(C(=O)C(N)Cc2ccccc2)CC1.Cl.Cl. The topological polar surface area (TPSA) is 49.6 Å². The van der Waals surface area contributed by atoms with E-state index in [9.17, 15) is 4.79 Å². The number of likely N-dealkylation sites (tertiary alicyclic amines) is 1. The van der Waals surface area contributed by atoms with Crippen LogP contribution in [0.25, 0.3) is 0 Å². The minimum atomic E-state index is -0.419. The van der Waals surface area contributed by atoms with Crippen molar-refractivity contribution in [3.05, 3.63) is 35.9 Å². The predicted molar refractivity (Wildman–Crippen MR) is 100 cm³/mol. The summed E-state index contributed by atoms with van der Waals surface area (Å²) in [6.45, 7) is 2.80. The lowest BCUT2D eigenvalue weighted by atomic mass is 9.95. The van der Waals surface area contributed by atoms with Gasteiger partial charge in [0.1, 0.15) is 0 Å². The van der Waals surface area contributed by atoms with Crippen molar-refractivity contribution in [3.63, 3.8) is 0 Å². The molecule has 0 spiro atoms. The lowest BCUT2D eigenvalue weighted by Crippen LogP contribution is -2.48. The van der Waals surface area contributed by atoms with Crippen LogP contribution in [0.2, 0.25) is 0 Å². The molecule has 2 rings (SSSR count). The molecule has 4 nitrogen and oxygen atoms in total. The van der Waals surface area contributed by atoms with E-state index in [-0.39, 0.29) is 30.7 Å². The highest BCUT2D eigenvalue weighted by molar-refractivity contribution is 5.85. The standard InChI is InChI=1S/C17H27N3O.2ClH/c1-19(2)13-15-8-10-20(11-9-15)17(21)16(18)12-14-6-4-3-5-7-14;;/h3-7,15-16H,8-13,18H2,1-2H3;2*1H. The fourth-order valence-corrected chi connectivity index (χ4v) is 3.04. The summed E-state index contributed by atoms with van der Waals surface area (Å²) in [6, 6.07) is 9.58. The Hall–Kier alpha value is -0.810. The summed E-state index contributed by atoms with van der Waals surface area (Å²) in [4.78, 5) is 16.6. The van der Waals surface area contributed by atoms with Crippen LogP contribution in [0.4, 0.5) is 0 Å². The molecule has 1 aromatic rings. The van der Waals surface area contributed by atoms with Gasteiger partial charge < -0.3 is 15.5 Å². The molecule has 1 fully saturated rings. The van der Waals surface area contributed by atoms with Gasteiger partial charge in [0.2, 0.25) is 5.91 Å². The first-order valence-electron chi connectivity index (χ1n) is 7.79. The van der Waals surface area contributed by atoms with Crippen molar-refractivity contribution in [3.8, 4) is 0 Å². The van der Waals surface area contributed by atoms with Gasteiger partial charge in [-0.3, -0.25) is 4.79 Å². The van der Waals surface area contributed by atoms with Crippen molar-refractivity contribution in [2.75, 3.05) is 33.7 Å². The molecule has 1 aromatic carbocycles. The number of rotatable bonds is 5. The minimum Gasteiger partial charge on any atom is -0.341 e. The predicted octanol–water partition coefficient (Wildman–Crippen LogP) is 2.20. The highest BCUT2D eigenvalue weighted by Gasteiger charge is 2.26. The van der Waals surface area contributed by atoms with Crippen LogP contribution in [0.15, 0.2) is 30.3 Å². The third-order valence-electron chi connectivity index (χ3n) is 4.17. The second kappa shape index (κ2) is 10.9. The Morgan fingerprint density at radius 1 is 1.22 bits per heavy atom. The molecule has 1 aliphatic rings. The van der Waals surface area contributed by atoms with Crippen LogP contribution in [0.5, 0.6) is 0 Å². The molecule has 6 heteroatoms. The number of piperidine rings is 1. The summed E-state index contributed by atoms with van der Waals surface area (Å²) in [5.41, 5.74) is 7.22. The Morgan fingerprint density at radius 3 is 2.30 bits per heavy atom. The van der Waals surface area contributed by atoms with Gasteiger partial charge in [0.05, 0.1) is 6.04 Å². The molecule has 23 heavy (non-hydrogen) atoms. The summed E-state index contributed by atoms with van der Waals surface area (Å²) in [5, 5.41) is 0. The van der Waals surface area contributed by atoms with Gasteiger partial charge in [0, 0.05) is 19.6 Å². The average molecular weight is 362 g/mol. The summed E-state index contributed by atoms with van der Waals surface area (Å²) < 4.78 is 0. The lowest BCUT2D eigenvalue weighted by molar-refractivity contribution is -0.134. The van der Waals surface area contributed by atoms with E-state index in [1.54, 1.807) is 0 Å². The Balaban J connectivity index is 0.00000242. The number of halogens is 2. The molecule has 0 bridgehead atoms. The van der Waals surface area contributed by atoms with Crippen molar-refractivity contribution < 1.29 is 4.79 Å². The molecule has 1 aliphatic heterocycles. The maximum Gasteiger partial charge on any atom is 0.239 e. The number of hydrogen-bond donors (Lipinski definition) is 1. The van der Waals surface area contributed by atoms with Crippen LogP contribution < -0.4 is 5.73 Å². The van der Waals surface area contributed by atoms with E-state index in [2.05, 4.69) is 19.0 Å². The van der Waals surface area contributed by atoms with E-state index in [0.717, 1.165) is 38.0 Å². The van der Waals surface area contributed by atoms with E-state index < -0.39 is 6.04 Å². The summed E-state index contributed by atoms with van der Waals surface area (Å²) >= 11 is 0. The van der Waals surface area contributed by atoms with Crippen LogP contribution in [0.1, 0.15) is 18.4 Å². The molecule has 1 heterocycles. The van der Waals surface area contributed by atoms with Gasteiger partial charge in [-0.1, -0.05) is 30.3 Å². The monoisotopic (exact) mass is 361 g/mol. The number of amides is 1. The van der Waals surface area contributed by atoms with Gasteiger partial charge in [-0.05, 0) is 44.8 Å². The van der Waals surface area contributed by atoms with Crippen molar-refractivity contribution in [2.24, 2.45) is 11.7 Å². The van der Waals surface area contributed by atoms with Crippen molar-refractivity contribution >= 4 is 30.7 Å². The second-order valence-corrected chi connectivity index (χ2v) is 6.33. The Morgan fingerprint density at radius 2 is 1.78 bits per heavy atom. The van der Waals surface area contributed by atoms with Gasteiger partial charge in [0.25, 0.3) is 0 Å². The maximum atomic E-state index is 12.4. The van der Waals surface area contributed by atoms with E-state index >= 15 is 0 Å². The second-order valence-electron chi connectivity index (χ2n) is 6.33. The van der Waals surface area contributed by atoms with Crippen molar-refractivity contribution in [1.29, 1.82) is 0 Å². The number of carbonyl (C=O) groups is 1. The van der Waals surface area contributed by atoms with Crippen LogP contribution in [0, 0.1) is 5.92 Å². The third kappa shape index (κ3) is 7.08. The van der Waals surface area contributed by atoms with E-state index in [4.69, 9.17) is 5.73 Å². The molecule has 1 atom stereocenters. The fraction of sp³-hybridized carbons (Fsp3) is 0.588. The number of benzene rings is 1. The molecule has 132 valence electrons. The number of nitrogens with zero attached hydrogens (tertiary/aromatic N) is 2. The zero-order chi connectivity index (χ0) is 15.2. The molecule has 1 saturated heterocycles. The van der Waals surface area contributed by atoms with Gasteiger partial charge in [0.15, 0.2) is 0 Å². The van der Waals surface area contributed by atoms with Crippen LogP contribution in [-0.2, 0) is 11.2 Å². The molecule has 1 amide bonds. The first kappa shape index (κ1) is 22.2. The Kier molecular flexibility index (Phi) is 10.5. The van der Waals surface area contributed by atoms with Gasteiger partial charge in [-0.25, -0.2) is 0 Å². The van der Waals surface area contributed by atoms with E-state index in [0.29, 0.717) is 12.3 Å².